The van der Waals surface area contributed by atoms with Crippen LogP contribution in [0.15, 0.2) is 455 Å². The Morgan fingerprint density at radius 2 is 0.403 bits per heavy atom. The third-order valence-electron chi connectivity index (χ3n) is 25.0. The van der Waals surface area contributed by atoms with E-state index in [-0.39, 0.29) is 0 Å². The van der Waals surface area contributed by atoms with Gasteiger partial charge in [0.2, 0.25) is 0 Å². The van der Waals surface area contributed by atoms with Crippen molar-refractivity contribution in [3.05, 3.63) is 455 Å². The summed E-state index contributed by atoms with van der Waals surface area (Å²) in [6.45, 7) is 0. The van der Waals surface area contributed by atoms with Crippen LogP contribution in [0.5, 0.6) is 0 Å². The van der Waals surface area contributed by atoms with Crippen LogP contribution in [0.3, 0.4) is 0 Å². The van der Waals surface area contributed by atoms with Crippen molar-refractivity contribution in [3.8, 4) is 72.4 Å². The molecule has 0 aliphatic carbocycles. The van der Waals surface area contributed by atoms with Gasteiger partial charge in [0.1, 0.15) is 0 Å². The molecule has 0 fully saturated rings. The molecule has 1 nitrogen and oxygen atoms in total. The standard InChI is InChI=1S/C44H28.C38H24.C36H23N/c1-3-13-29(14-4-1)32-25-33(30-15-5-2-6-16-30)27-34(26-32)31-23-24-38-37-19-9-11-21-40(37)43-39-20-10-7-17-35(39)36-18-8-12-22-41(36)44(43)42(38)28-31;1-2-10-25(11-3-1)27-20-18-26-19-21-28(23-29(26)22-27)36-24-37-32-14-5-4-12-30(32)31-13-6-8-16-34(31)38(37)35-17-9-7-15-33(35)36;1-2-8-29-25(7-1)17-22-31-30(29)21-18-26-13-14-27(23-34(26)31)24-15-19-28(20-16-24)37-35-11-5-3-9-32(35)33-10-4-6-12-36(33)37/h1-28H;1-24H;1-23H. The second-order valence-electron chi connectivity index (χ2n) is 31.6. The molecule has 1 aromatic heterocycles. The summed E-state index contributed by atoms with van der Waals surface area (Å²) in [6.07, 6.45) is 0. The Kier molecular flexibility index (Phi) is 16.7. The van der Waals surface area contributed by atoms with E-state index < -0.39 is 0 Å². The van der Waals surface area contributed by atoms with E-state index in [2.05, 4.69) is 460 Å². The van der Waals surface area contributed by atoms with Crippen LogP contribution in [-0.4, -0.2) is 4.57 Å². The SMILES string of the molecule is c1ccc(-c2cc(-c3ccccc3)cc(-c3ccc4c5ccccc5c5c6ccccc6c6ccccc6c5c4c3)c2)cc1.c1ccc(-c2ccc3ccc(-c4cc5c6ccccc6c6ccccc6c5c5ccccc45)cc3c2)cc1.c1ccc2c(c1)ccc1c3cc(-c4ccc(-n5c6ccccc6c6ccccc65)cc4)ccc3ccc21. The van der Waals surface area contributed by atoms with Gasteiger partial charge in [-0.3, -0.25) is 0 Å². The van der Waals surface area contributed by atoms with E-state index in [0.29, 0.717) is 0 Å². The molecule has 0 amide bonds. The van der Waals surface area contributed by atoms with Crippen LogP contribution >= 0.6 is 0 Å². The van der Waals surface area contributed by atoms with Crippen molar-refractivity contribution in [2.24, 2.45) is 0 Å². The zero-order valence-electron chi connectivity index (χ0n) is 65.2. The number of benzene rings is 24. The first-order valence-corrected chi connectivity index (χ1v) is 41.3. The lowest BCUT2D eigenvalue weighted by Gasteiger charge is -2.17. The Balaban J connectivity index is 0.000000105. The maximum atomic E-state index is 2.43. The molecule has 0 radical (unpaired) electrons. The molecule has 0 spiro atoms. The summed E-state index contributed by atoms with van der Waals surface area (Å²) in [5, 5.41) is 36.4. The van der Waals surface area contributed by atoms with Gasteiger partial charge < -0.3 is 4.57 Å². The van der Waals surface area contributed by atoms with E-state index in [1.165, 1.54) is 234 Å². The van der Waals surface area contributed by atoms with Gasteiger partial charge in [-0.25, -0.2) is 0 Å². The van der Waals surface area contributed by atoms with Gasteiger partial charge in [-0.2, -0.15) is 0 Å². The predicted molar refractivity (Wildman–Crippen MR) is 514 cm³/mol. The minimum absolute atomic E-state index is 1.18. The maximum absolute atomic E-state index is 2.43. The van der Waals surface area contributed by atoms with Gasteiger partial charge in [-0.15, -0.1) is 0 Å². The van der Waals surface area contributed by atoms with E-state index >= 15 is 0 Å². The molecule has 119 heavy (non-hydrogen) atoms. The summed E-state index contributed by atoms with van der Waals surface area (Å²) >= 11 is 0. The summed E-state index contributed by atoms with van der Waals surface area (Å²) in [6, 6.07) is 166. The summed E-state index contributed by atoms with van der Waals surface area (Å²) in [4.78, 5) is 0. The predicted octanol–water partition coefficient (Wildman–Crippen LogP) is 33.2. The van der Waals surface area contributed by atoms with Crippen LogP contribution in [0.4, 0.5) is 0 Å². The zero-order chi connectivity index (χ0) is 78.4. The Labute approximate surface area is 689 Å². The van der Waals surface area contributed by atoms with E-state index in [1.54, 1.807) is 0 Å². The first-order chi connectivity index (χ1) is 59.0. The Hall–Kier alpha value is -15.5. The molecule has 0 aliphatic rings. The Morgan fingerprint density at radius 1 is 0.118 bits per heavy atom. The summed E-state index contributed by atoms with van der Waals surface area (Å²) < 4.78 is 2.37. The minimum atomic E-state index is 1.18. The molecule has 0 aliphatic heterocycles. The third-order valence-corrected chi connectivity index (χ3v) is 25.0. The lowest BCUT2D eigenvalue weighted by molar-refractivity contribution is 1.18. The average Bonchev–Trinajstić information content (AvgIpc) is 1.67. The van der Waals surface area contributed by atoms with Crippen molar-refractivity contribution < 1.29 is 0 Å². The van der Waals surface area contributed by atoms with Gasteiger partial charge in [-0.1, -0.05) is 382 Å². The lowest BCUT2D eigenvalue weighted by atomic mass is 9.86. The van der Waals surface area contributed by atoms with Crippen LogP contribution < -0.4 is 0 Å². The van der Waals surface area contributed by atoms with Crippen LogP contribution in [0.1, 0.15) is 0 Å². The van der Waals surface area contributed by atoms with Gasteiger partial charge in [0.15, 0.2) is 0 Å². The fraction of sp³-hybridized carbons (Fsp3) is 0. The first-order valence-electron chi connectivity index (χ1n) is 41.3. The highest BCUT2D eigenvalue weighted by Crippen LogP contribution is 2.48. The first kappa shape index (κ1) is 69.0. The summed E-state index contributed by atoms with van der Waals surface area (Å²) in [5.74, 6) is 0. The molecule has 552 valence electrons. The zero-order valence-corrected chi connectivity index (χ0v) is 65.2. The molecule has 0 unspecified atom stereocenters. The number of aromatic nitrogens is 1. The highest BCUT2D eigenvalue weighted by atomic mass is 15.0. The summed E-state index contributed by atoms with van der Waals surface area (Å²) in [7, 11) is 0. The summed E-state index contributed by atoms with van der Waals surface area (Å²) in [5.41, 5.74) is 18.5. The number of para-hydroxylation sites is 2. The average molecular weight is 1510 g/mol. The fourth-order valence-corrected chi connectivity index (χ4v) is 19.4. The largest absolute Gasteiger partial charge is 0.309 e. The van der Waals surface area contributed by atoms with E-state index in [0.717, 1.165) is 0 Å². The van der Waals surface area contributed by atoms with Crippen LogP contribution in [0, 0.1) is 0 Å². The molecule has 1 heterocycles. The molecule has 25 rings (SSSR count). The normalized spacial score (nSPS) is 11.7. The Bertz CT molecular complexity index is 8260. The highest BCUT2D eigenvalue weighted by Gasteiger charge is 2.21. The molecule has 24 aromatic carbocycles. The number of hydrogen-bond donors (Lipinski definition) is 0. The van der Waals surface area contributed by atoms with Crippen molar-refractivity contribution >= 4 is 162 Å². The molecule has 0 saturated heterocycles. The Morgan fingerprint density at radius 3 is 0.941 bits per heavy atom. The number of rotatable bonds is 7. The smallest absolute Gasteiger partial charge is 0.0541 e. The highest BCUT2D eigenvalue weighted by molar-refractivity contribution is 6.40. The monoisotopic (exact) mass is 1510 g/mol. The van der Waals surface area contributed by atoms with Crippen LogP contribution in [0.25, 0.3) is 234 Å². The number of hydrogen-bond acceptors (Lipinski definition) is 0. The molecular weight excluding hydrogens is 1430 g/mol. The van der Waals surface area contributed by atoms with E-state index in [9.17, 15) is 0 Å². The van der Waals surface area contributed by atoms with Gasteiger partial charge in [-0.05, 0) is 280 Å². The van der Waals surface area contributed by atoms with Crippen molar-refractivity contribution in [1.82, 2.24) is 4.57 Å². The van der Waals surface area contributed by atoms with E-state index in [1.807, 2.05) is 0 Å². The molecule has 25 aromatic rings. The second-order valence-corrected chi connectivity index (χ2v) is 31.6. The quantitative estimate of drug-likeness (QED) is 0.140. The second kappa shape index (κ2) is 28.8. The van der Waals surface area contributed by atoms with Gasteiger partial charge in [0.05, 0.1) is 11.0 Å². The molecule has 0 saturated carbocycles. The third kappa shape index (κ3) is 11.8. The topological polar surface area (TPSA) is 4.93 Å². The van der Waals surface area contributed by atoms with Gasteiger partial charge >= 0.3 is 0 Å². The van der Waals surface area contributed by atoms with Crippen molar-refractivity contribution in [2.75, 3.05) is 0 Å². The van der Waals surface area contributed by atoms with Crippen molar-refractivity contribution in [3.63, 3.8) is 0 Å². The molecule has 1 heteroatoms. The fourth-order valence-electron chi connectivity index (χ4n) is 19.4. The minimum Gasteiger partial charge on any atom is -0.309 e. The molecule has 0 N–H and O–H groups in total. The molecule has 0 atom stereocenters. The van der Waals surface area contributed by atoms with Gasteiger partial charge in [0.25, 0.3) is 0 Å². The van der Waals surface area contributed by atoms with Crippen LogP contribution in [-0.2, 0) is 0 Å². The lowest BCUT2D eigenvalue weighted by Crippen LogP contribution is -1.93. The van der Waals surface area contributed by atoms with Gasteiger partial charge in [0, 0.05) is 16.5 Å². The van der Waals surface area contributed by atoms with Crippen molar-refractivity contribution in [2.45, 2.75) is 0 Å². The number of fused-ring (bicyclic) bond motifs is 28. The van der Waals surface area contributed by atoms with Crippen molar-refractivity contribution in [1.29, 1.82) is 0 Å². The van der Waals surface area contributed by atoms with Crippen LogP contribution in [0.2, 0.25) is 0 Å². The molecular formula is C118H75N. The number of nitrogens with zero attached hydrogens (tertiary/aromatic N) is 1. The maximum Gasteiger partial charge on any atom is 0.0541 e. The van der Waals surface area contributed by atoms with E-state index in [4.69, 9.17) is 0 Å². The molecule has 0 bridgehead atoms.